The monoisotopic (exact) mass is 503 g/mol. The number of nitrogens with one attached hydrogen (secondary N) is 2. The summed E-state index contributed by atoms with van der Waals surface area (Å²) in [6.45, 7) is 7.87. The molecule has 2 aromatic heterocycles. The number of halogens is 2. The van der Waals surface area contributed by atoms with E-state index in [1.807, 2.05) is 25.7 Å². The molecule has 0 spiro atoms. The molecule has 0 amide bonds. The highest BCUT2D eigenvalue weighted by Crippen LogP contribution is 2.21. The number of aromatic nitrogens is 3. The molecule has 1 fully saturated rings. The molecule has 1 unspecified atom stereocenters. The molecule has 2 N–H and O–H groups in total. The van der Waals surface area contributed by atoms with Crippen LogP contribution in [0.1, 0.15) is 38.9 Å². The largest absolute Gasteiger partial charge is 0.352 e. The van der Waals surface area contributed by atoms with E-state index < -0.39 is 0 Å². The first kappa shape index (κ1) is 22.3. The lowest BCUT2D eigenvalue weighted by atomic mass is 9.97. The van der Waals surface area contributed by atoms with Crippen LogP contribution < -0.4 is 15.5 Å². The Hall–Kier alpha value is -1.98. The summed E-state index contributed by atoms with van der Waals surface area (Å²) in [5, 5.41) is 10.5. The molecule has 8 nitrogen and oxygen atoms in total. The molecule has 0 aliphatic carbocycles. The normalized spacial score (nSPS) is 17.4. The maximum Gasteiger partial charge on any atom is 0.232 e. The van der Waals surface area contributed by atoms with Gasteiger partial charge in [0.2, 0.25) is 5.89 Å². The minimum absolute atomic E-state index is 0. The van der Waals surface area contributed by atoms with Gasteiger partial charge in [0, 0.05) is 37.8 Å². The molecule has 154 valence electrons. The lowest BCUT2D eigenvalue weighted by Gasteiger charge is -2.19. The molecule has 1 aliphatic rings. The van der Waals surface area contributed by atoms with Gasteiger partial charge in [-0.2, -0.15) is 4.98 Å². The average Bonchev–Trinajstić information content (AvgIpc) is 3.28. The van der Waals surface area contributed by atoms with Crippen molar-refractivity contribution in [2.45, 2.75) is 45.2 Å². The van der Waals surface area contributed by atoms with Gasteiger partial charge < -0.3 is 20.1 Å². The van der Waals surface area contributed by atoms with Crippen molar-refractivity contribution in [3.05, 3.63) is 35.9 Å². The second-order valence-corrected chi connectivity index (χ2v) is 7.58. The van der Waals surface area contributed by atoms with Gasteiger partial charge in [-0.15, -0.1) is 24.0 Å². The zero-order valence-electron chi connectivity index (χ0n) is 16.6. The number of nitrogens with zero attached hydrogens (tertiary/aromatic N) is 5. The Labute approximate surface area is 181 Å². The third kappa shape index (κ3) is 5.52. The Kier molecular flexibility index (Phi) is 7.55. The van der Waals surface area contributed by atoms with E-state index in [1.54, 1.807) is 19.3 Å². The van der Waals surface area contributed by atoms with E-state index in [-0.39, 0.29) is 41.3 Å². The van der Waals surface area contributed by atoms with E-state index >= 15 is 0 Å². The summed E-state index contributed by atoms with van der Waals surface area (Å²) in [5.41, 5.74) is -0.181. The minimum Gasteiger partial charge on any atom is -0.352 e. The molecule has 1 saturated heterocycles. The van der Waals surface area contributed by atoms with Gasteiger partial charge in [0.05, 0.1) is 6.54 Å². The zero-order valence-corrected chi connectivity index (χ0v) is 18.9. The van der Waals surface area contributed by atoms with Crippen LogP contribution in [0.25, 0.3) is 0 Å². The summed E-state index contributed by atoms with van der Waals surface area (Å²) in [6, 6.07) is 3.17. The molecule has 0 saturated carbocycles. The fraction of sp³-hybridized carbons (Fsp3) is 0.556. The van der Waals surface area contributed by atoms with Crippen molar-refractivity contribution < 1.29 is 8.91 Å². The summed E-state index contributed by atoms with van der Waals surface area (Å²) in [7, 11) is 1.71. The van der Waals surface area contributed by atoms with Gasteiger partial charge in [0.1, 0.15) is 0 Å². The van der Waals surface area contributed by atoms with Gasteiger partial charge in [-0.05, 0) is 18.6 Å². The molecule has 2 aromatic rings. The van der Waals surface area contributed by atoms with Crippen LogP contribution in [0.2, 0.25) is 0 Å². The first-order valence-corrected chi connectivity index (χ1v) is 9.02. The molecule has 28 heavy (non-hydrogen) atoms. The number of aliphatic imine (C=N–C) groups is 1. The van der Waals surface area contributed by atoms with Gasteiger partial charge in [-0.3, -0.25) is 4.99 Å². The fourth-order valence-electron chi connectivity index (χ4n) is 2.86. The molecule has 0 aromatic carbocycles. The van der Waals surface area contributed by atoms with Crippen LogP contribution in [0.3, 0.4) is 0 Å². The molecule has 0 radical (unpaired) electrons. The van der Waals surface area contributed by atoms with Crippen molar-refractivity contribution in [3.63, 3.8) is 0 Å². The van der Waals surface area contributed by atoms with E-state index in [0.717, 1.165) is 13.0 Å². The van der Waals surface area contributed by atoms with Gasteiger partial charge >= 0.3 is 0 Å². The highest BCUT2D eigenvalue weighted by Gasteiger charge is 2.26. The maximum absolute atomic E-state index is 13.9. The molecule has 10 heteroatoms. The van der Waals surface area contributed by atoms with E-state index in [9.17, 15) is 4.39 Å². The minimum atomic E-state index is -0.299. The van der Waals surface area contributed by atoms with Crippen molar-refractivity contribution in [3.8, 4) is 0 Å². The highest BCUT2D eigenvalue weighted by atomic mass is 127. The second-order valence-electron chi connectivity index (χ2n) is 7.58. The molecular weight excluding hydrogens is 476 g/mol. The summed E-state index contributed by atoms with van der Waals surface area (Å²) in [6.07, 6.45) is 2.48. The summed E-state index contributed by atoms with van der Waals surface area (Å²) < 4.78 is 19.2. The van der Waals surface area contributed by atoms with Crippen molar-refractivity contribution in [2.75, 3.05) is 25.0 Å². The average molecular weight is 503 g/mol. The molecule has 0 bridgehead atoms. The SMILES string of the molecule is CN=C(NCc1noc(C(C)(C)C)n1)NC1CCN(c2ncccc2F)C1.I. The predicted octanol–water partition coefficient (Wildman–Crippen LogP) is 2.46. The van der Waals surface area contributed by atoms with Crippen LogP contribution in [0.4, 0.5) is 10.2 Å². The van der Waals surface area contributed by atoms with E-state index in [1.165, 1.54) is 6.07 Å². The van der Waals surface area contributed by atoms with E-state index in [2.05, 4.69) is 30.8 Å². The van der Waals surface area contributed by atoms with Gasteiger partial charge in [0.25, 0.3) is 0 Å². The molecular formula is C18H27FIN7O. The van der Waals surface area contributed by atoms with Crippen molar-refractivity contribution >= 4 is 35.8 Å². The Morgan fingerprint density at radius 1 is 1.43 bits per heavy atom. The lowest BCUT2D eigenvalue weighted by molar-refractivity contribution is 0.318. The molecule has 3 heterocycles. The number of anilines is 1. The molecule has 1 aliphatic heterocycles. The summed E-state index contributed by atoms with van der Waals surface area (Å²) in [5.74, 6) is 1.92. The van der Waals surface area contributed by atoms with Crippen LogP contribution in [0.15, 0.2) is 27.8 Å². The Balaban J connectivity index is 0.00000280. The summed E-state index contributed by atoms with van der Waals surface area (Å²) >= 11 is 0. The first-order valence-electron chi connectivity index (χ1n) is 9.02. The number of hydrogen-bond acceptors (Lipinski definition) is 6. The van der Waals surface area contributed by atoms with Crippen LogP contribution in [-0.2, 0) is 12.0 Å². The molecule has 3 rings (SSSR count). The first-order chi connectivity index (χ1) is 12.9. The number of hydrogen-bond donors (Lipinski definition) is 2. The lowest BCUT2D eigenvalue weighted by Crippen LogP contribution is -2.44. The van der Waals surface area contributed by atoms with Crippen LogP contribution in [-0.4, -0.2) is 47.3 Å². The van der Waals surface area contributed by atoms with Gasteiger partial charge in [0.15, 0.2) is 23.4 Å². The maximum atomic E-state index is 13.9. The number of pyridine rings is 1. The van der Waals surface area contributed by atoms with Gasteiger partial charge in [-0.1, -0.05) is 25.9 Å². The van der Waals surface area contributed by atoms with Gasteiger partial charge in [-0.25, -0.2) is 9.37 Å². The quantitative estimate of drug-likeness (QED) is 0.377. The van der Waals surface area contributed by atoms with Crippen LogP contribution >= 0.6 is 24.0 Å². The van der Waals surface area contributed by atoms with Crippen LogP contribution in [0, 0.1) is 5.82 Å². The fourth-order valence-corrected chi connectivity index (χ4v) is 2.86. The number of rotatable bonds is 4. The van der Waals surface area contributed by atoms with Crippen LogP contribution in [0.5, 0.6) is 0 Å². The van der Waals surface area contributed by atoms with E-state index in [4.69, 9.17) is 4.52 Å². The Morgan fingerprint density at radius 3 is 2.86 bits per heavy atom. The summed E-state index contributed by atoms with van der Waals surface area (Å²) in [4.78, 5) is 14.7. The Morgan fingerprint density at radius 2 is 2.21 bits per heavy atom. The van der Waals surface area contributed by atoms with Crippen molar-refractivity contribution in [2.24, 2.45) is 4.99 Å². The zero-order chi connectivity index (χ0) is 19.4. The smallest absolute Gasteiger partial charge is 0.232 e. The van der Waals surface area contributed by atoms with Crippen molar-refractivity contribution in [1.82, 2.24) is 25.8 Å². The third-order valence-corrected chi connectivity index (χ3v) is 4.31. The topological polar surface area (TPSA) is 91.5 Å². The third-order valence-electron chi connectivity index (χ3n) is 4.31. The Bertz CT molecular complexity index is 805. The van der Waals surface area contributed by atoms with E-state index in [0.29, 0.717) is 36.6 Å². The number of guanidine groups is 1. The predicted molar refractivity (Wildman–Crippen MR) is 117 cm³/mol. The second kappa shape index (κ2) is 9.48. The molecule has 1 atom stereocenters. The van der Waals surface area contributed by atoms with Crippen molar-refractivity contribution in [1.29, 1.82) is 0 Å². The highest BCUT2D eigenvalue weighted by molar-refractivity contribution is 14.0. The standard InChI is InChI=1S/C18H26FN7O.HI/c1-18(2,3)16-24-14(25-27-16)10-22-17(20-4)23-12-7-9-26(11-12)15-13(19)6-5-8-21-15;/h5-6,8,12H,7,9-11H2,1-4H3,(H2,20,22,23);1H.